The number of rotatable bonds is 13. The fraction of sp³-hybridized carbons (Fsp3) is 0.429. The van der Waals surface area contributed by atoms with Crippen molar-refractivity contribution in [1.82, 2.24) is 14.5 Å². The van der Waals surface area contributed by atoms with Crippen LogP contribution in [-0.2, 0) is 26.0 Å². The number of hydrogen-bond donors (Lipinski definition) is 2. The number of sulfonamides is 1. The highest BCUT2D eigenvalue weighted by atomic mass is 32.2. The number of unbranched alkanes of at least 4 members (excludes halogenated alkanes) is 1. The summed E-state index contributed by atoms with van der Waals surface area (Å²) in [6.45, 7) is 3.77. The first-order chi connectivity index (χ1) is 18.5. The van der Waals surface area contributed by atoms with Crippen molar-refractivity contribution < 1.29 is 27.6 Å². The van der Waals surface area contributed by atoms with Crippen LogP contribution >= 0.6 is 0 Å². The maximum absolute atomic E-state index is 13.6. The molecule has 0 aliphatic carbocycles. The van der Waals surface area contributed by atoms with E-state index in [0.717, 1.165) is 4.90 Å². The summed E-state index contributed by atoms with van der Waals surface area (Å²) in [6.07, 6.45) is 0.490. The minimum atomic E-state index is -4.30. The van der Waals surface area contributed by atoms with E-state index >= 15 is 0 Å². The third kappa shape index (κ3) is 7.10. The van der Waals surface area contributed by atoms with Crippen molar-refractivity contribution in [3.8, 4) is 0 Å². The Morgan fingerprint density at radius 2 is 1.51 bits per heavy atom. The minimum absolute atomic E-state index is 0.0189. The molecule has 0 saturated heterocycles. The van der Waals surface area contributed by atoms with Crippen molar-refractivity contribution in [2.24, 2.45) is 11.7 Å². The lowest BCUT2D eigenvalue weighted by atomic mass is 10.0. The van der Waals surface area contributed by atoms with Crippen molar-refractivity contribution in [2.45, 2.75) is 51.6 Å². The molecule has 0 unspecified atom stereocenters. The molecule has 2 atom stereocenters. The quantitative estimate of drug-likeness (QED) is 0.283. The Labute approximate surface area is 229 Å². The number of amides is 4. The second kappa shape index (κ2) is 13.0. The average molecular weight is 557 g/mol. The highest BCUT2D eigenvalue weighted by Crippen LogP contribution is 2.23. The first-order valence-corrected chi connectivity index (χ1v) is 14.6. The number of hydrogen-bond acceptors (Lipinski definition) is 7. The molecule has 0 fully saturated rings. The second-order valence-electron chi connectivity index (χ2n) is 10.0. The van der Waals surface area contributed by atoms with Gasteiger partial charge >= 0.3 is 0 Å². The molecule has 4 amide bonds. The van der Waals surface area contributed by atoms with Gasteiger partial charge in [-0.05, 0) is 42.9 Å². The van der Waals surface area contributed by atoms with Crippen LogP contribution in [0.15, 0.2) is 54.6 Å². The van der Waals surface area contributed by atoms with Crippen molar-refractivity contribution >= 4 is 33.7 Å². The molecule has 39 heavy (non-hydrogen) atoms. The van der Waals surface area contributed by atoms with E-state index in [1.165, 1.54) is 7.05 Å². The topological polar surface area (TPSA) is 147 Å². The molecule has 2 aromatic rings. The van der Waals surface area contributed by atoms with Gasteiger partial charge in [-0.2, -0.15) is 0 Å². The average Bonchev–Trinajstić information content (AvgIpc) is 3.15. The van der Waals surface area contributed by atoms with Gasteiger partial charge in [-0.25, -0.2) is 12.7 Å². The van der Waals surface area contributed by atoms with E-state index in [4.69, 9.17) is 5.73 Å². The Morgan fingerprint density at radius 3 is 2.05 bits per heavy atom. The zero-order chi connectivity index (χ0) is 28.7. The smallest absolute Gasteiger partial charge is 0.261 e. The summed E-state index contributed by atoms with van der Waals surface area (Å²) in [5.41, 5.74) is 7.45. The normalized spacial score (nSPS) is 14.7. The standard InChI is InChI=1S/C28H36N4O6S/c1-19(2)17-23(29)28(36)32(24(25(33)30-3)18-20-11-5-4-6-12-20)39(37,38)16-10-9-15-31-26(34)21-13-7-8-14-22(21)27(31)35/h4-8,11-14,19,23-24H,9-10,15-18,29H2,1-3H3,(H,30,33)/t23-,24-/m0/s1. The van der Waals surface area contributed by atoms with Crippen molar-refractivity contribution in [3.63, 3.8) is 0 Å². The fourth-order valence-electron chi connectivity index (χ4n) is 4.64. The molecule has 1 aliphatic rings. The molecule has 0 bridgehead atoms. The molecule has 10 nitrogen and oxygen atoms in total. The van der Waals surface area contributed by atoms with Crippen LogP contribution in [0.3, 0.4) is 0 Å². The van der Waals surface area contributed by atoms with Crippen molar-refractivity contribution in [3.05, 3.63) is 71.3 Å². The molecule has 210 valence electrons. The van der Waals surface area contributed by atoms with Gasteiger partial charge in [0.15, 0.2) is 0 Å². The van der Waals surface area contributed by atoms with Gasteiger partial charge in [0.2, 0.25) is 15.9 Å². The monoisotopic (exact) mass is 556 g/mol. The number of nitrogens with zero attached hydrogens (tertiary/aromatic N) is 2. The Hall–Kier alpha value is -3.57. The molecule has 0 spiro atoms. The van der Waals surface area contributed by atoms with Crippen LogP contribution in [0.5, 0.6) is 0 Å². The molecule has 0 aromatic heterocycles. The third-order valence-corrected chi connectivity index (χ3v) is 8.41. The first kappa shape index (κ1) is 30.0. The SMILES string of the molecule is CNC(=O)[C@H](Cc1ccccc1)N(C(=O)[C@@H](N)CC(C)C)S(=O)(=O)CCCCN1C(=O)c2ccccc2C1=O. The van der Waals surface area contributed by atoms with Crippen LogP contribution in [0.1, 0.15) is 59.4 Å². The van der Waals surface area contributed by atoms with Crippen molar-refractivity contribution in [1.29, 1.82) is 0 Å². The van der Waals surface area contributed by atoms with E-state index < -0.39 is 51.5 Å². The Bertz CT molecular complexity index is 1280. The largest absolute Gasteiger partial charge is 0.357 e. The van der Waals surface area contributed by atoms with E-state index in [-0.39, 0.29) is 38.1 Å². The van der Waals surface area contributed by atoms with Gasteiger partial charge in [0.05, 0.1) is 22.9 Å². The molecule has 0 saturated carbocycles. The Kier molecular flexibility index (Phi) is 9.98. The Balaban J connectivity index is 1.79. The molecular weight excluding hydrogens is 520 g/mol. The van der Waals surface area contributed by atoms with E-state index in [1.54, 1.807) is 54.6 Å². The highest BCUT2D eigenvalue weighted by Gasteiger charge is 2.40. The maximum atomic E-state index is 13.6. The van der Waals surface area contributed by atoms with Gasteiger partial charge in [-0.3, -0.25) is 24.1 Å². The lowest BCUT2D eigenvalue weighted by Gasteiger charge is -2.32. The van der Waals surface area contributed by atoms with Crippen LogP contribution in [-0.4, -0.2) is 72.7 Å². The summed E-state index contributed by atoms with van der Waals surface area (Å²) >= 11 is 0. The summed E-state index contributed by atoms with van der Waals surface area (Å²) in [7, 11) is -2.92. The zero-order valence-corrected chi connectivity index (χ0v) is 23.3. The van der Waals surface area contributed by atoms with Gasteiger partial charge in [0, 0.05) is 20.0 Å². The van der Waals surface area contributed by atoms with Crippen LogP contribution in [0.2, 0.25) is 0 Å². The number of carbonyl (C=O) groups is 4. The number of fused-ring (bicyclic) bond motifs is 1. The summed E-state index contributed by atoms with van der Waals surface area (Å²) in [5, 5.41) is 2.48. The fourth-order valence-corrected chi connectivity index (χ4v) is 6.37. The van der Waals surface area contributed by atoms with Gasteiger partial charge < -0.3 is 11.1 Å². The lowest BCUT2D eigenvalue weighted by molar-refractivity contribution is -0.136. The van der Waals surface area contributed by atoms with Gasteiger partial charge in [0.25, 0.3) is 17.7 Å². The van der Waals surface area contributed by atoms with Crippen LogP contribution in [0, 0.1) is 5.92 Å². The number of nitrogens with one attached hydrogen (secondary N) is 1. The summed E-state index contributed by atoms with van der Waals surface area (Å²) in [5.74, 6) is -2.73. The summed E-state index contributed by atoms with van der Waals surface area (Å²) < 4.78 is 27.9. The molecule has 3 rings (SSSR count). The molecular formula is C28H36N4O6S. The molecule has 11 heteroatoms. The van der Waals surface area contributed by atoms with Crippen LogP contribution in [0.25, 0.3) is 0 Å². The number of imide groups is 1. The van der Waals surface area contributed by atoms with E-state index in [0.29, 0.717) is 21.0 Å². The number of likely N-dealkylation sites (N-methyl/N-ethyl adjacent to an activating group) is 1. The Morgan fingerprint density at radius 1 is 0.949 bits per heavy atom. The highest BCUT2D eigenvalue weighted by molar-refractivity contribution is 7.89. The van der Waals surface area contributed by atoms with Crippen LogP contribution in [0.4, 0.5) is 0 Å². The zero-order valence-electron chi connectivity index (χ0n) is 22.5. The first-order valence-electron chi connectivity index (χ1n) is 13.0. The summed E-state index contributed by atoms with van der Waals surface area (Å²) in [4.78, 5) is 52.7. The number of carbonyl (C=O) groups excluding carboxylic acids is 4. The van der Waals surface area contributed by atoms with Crippen LogP contribution < -0.4 is 11.1 Å². The lowest BCUT2D eigenvalue weighted by Crippen LogP contribution is -2.57. The number of benzene rings is 2. The molecule has 1 aliphatic heterocycles. The second-order valence-corrected chi connectivity index (χ2v) is 12.0. The van der Waals surface area contributed by atoms with E-state index in [1.807, 2.05) is 13.8 Å². The van der Waals surface area contributed by atoms with E-state index in [9.17, 15) is 27.6 Å². The predicted molar refractivity (Wildman–Crippen MR) is 147 cm³/mol. The molecule has 1 heterocycles. The van der Waals surface area contributed by atoms with Crippen molar-refractivity contribution in [2.75, 3.05) is 19.3 Å². The van der Waals surface area contributed by atoms with Gasteiger partial charge in [0.1, 0.15) is 6.04 Å². The number of nitrogens with two attached hydrogens (primary N) is 1. The predicted octanol–water partition coefficient (Wildman–Crippen LogP) is 1.95. The van der Waals surface area contributed by atoms with Gasteiger partial charge in [-0.15, -0.1) is 0 Å². The minimum Gasteiger partial charge on any atom is -0.357 e. The molecule has 2 aromatic carbocycles. The maximum Gasteiger partial charge on any atom is 0.261 e. The third-order valence-electron chi connectivity index (χ3n) is 6.58. The van der Waals surface area contributed by atoms with Gasteiger partial charge in [-0.1, -0.05) is 56.3 Å². The molecule has 3 N–H and O–H groups in total. The van der Waals surface area contributed by atoms with E-state index in [2.05, 4.69) is 5.32 Å². The molecule has 0 radical (unpaired) electrons. The summed E-state index contributed by atoms with van der Waals surface area (Å²) in [6, 6.07) is 12.9.